The number of hydrogen-bond donors (Lipinski definition) is 0. The molecule has 5 nitrogen and oxygen atoms in total. The van der Waals surface area contributed by atoms with Crippen LogP contribution in [0.5, 0.6) is 0 Å². The van der Waals surface area contributed by atoms with E-state index < -0.39 is 0 Å². The highest BCUT2D eigenvalue weighted by atomic mass is 32.1. The third-order valence-electron chi connectivity index (χ3n) is 3.57. The number of aryl methyl sites for hydroxylation is 3. The first-order valence-corrected chi connectivity index (χ1v) is 7.90. The lowest BCUT2D eigenvalue weighted by Crippen LogP contribution is -2.22. The predicted molar refractivity (Wildman–Crippen MR) is 89.9 cm³/mol. The smallest absolute Gasteiger partial charge is 0.275 e. The van der Waals surface area contributed by atoms with Gasteiger partial charge in [-0.05, 0) is 38.0 Å². The van der Waals surface area contributed by atoms with Crippen LogP contribution in [0.2, 0.25) is 0 Å². The number of rotatable bonds is 3. The van der Waals surface area contributed by atoms with Crippen LogP contribution in [-0.2, 0) is 6.54 Å². The van der Waals surface area contributed by atoms with E-state index in [0.29, 0.717) is 11.5 Å². The maximum atomic E-state index is 12.1. The number of fused-ring (bicyclic) bond motifs is 1. The SMILES string of the molecule is Cc1ccc(C)c(N(C)Cc2cc(=O)n3nc(C)sc3n2)c1. The van der Waals surface area contributed by atoms with Crippen LogP contribution in [0.4, 0.5) is 5.69 Å². The third-order valence-corrected chi connectivity index (χ3v) is 4.40. The molecule has 0 atom stereocenters. The molecule has 3 aromatic rings. The van der Waals surface area contributed by atoms with Crippen molar-refractivity contribution in [2.24, 2.45) is 0 Å². The van der Waals surface area contributed by atoms with Gasteiger partial charge in [0.15, 0.2) is 0 Å². The summed E-state index contributed by atoms with van der Waals surface area (Å²) < 4.78 is 1.36. The van der Waals surface area contributed by atoms with Gasteiger partial charge in [0.25, 0.3) is 5.56 Å². The predicted octanol–water partition coefficient (Wildman–Crippen LogP) is 2.71. The van der Waals surface area contributed by atoms with E-state index in [4.69, 9.17) is 0 Å². The fourth-order valence-electron chi connectivity index (χ4n) is 2.49. The zero-order valence-electron chi connectivity index (χ0n) is 13.1. The molecule has 0 radical (unpaired) electrons. The van der Waals surface area contributed by atoms with Crippen molar-refractivity contribution in [1.82, 2.24) is 14.6 Å². The molecule has 1 aromatic carbocycles. The van der Waals surface area contributed by atoms with Gasteiger partial charge in [0.05, 0.1) is 12.2 Å². The second-order valence-electron chi connectivity index (χ2n) is 5.55. The van der Waals surface area contributed by atoms with E-state index in [2.05, 4.69) is 47.0 Å². The summed E-state index contributed by atoms with van der Waals surface area (Å²) in [6.07, 6.45) is 0. The van der Waals surface area contributed by atoms with E-state index in [1.165, 1.54) is 27.0 Å². The topological polar surface area (TPSA) is 50.5 Å². The van der Waals surface area contributed by atoms with Gasteiger partial charge >= 0.3 is 0 Å². The van der Waals surface area contributed by atoms with Crippen molar-refractivity contribution < 1.29 is 0 Å². The van der Waals surface area contributed by atoms with Crippen LogP contribution in [0, 0.1) is 20.8 Å². The number of anilines is 1. The summed E-state index contributed by atoms with van der Waals surface area (Å²) in [6.45, 7) is 6.63. The summed E-state index contributed by atoms with van der Waals surface area (Å²) in [5.41, 5.74) is 4.21. The summed E-state index contributed by atoms with van der Waals surface area (Å²) in [5.74, 6) is 0. The molecule has 0 saturated carbocycles. The highest BCUT2D eigenvalue weighted by molar-refractivity contribution is 7.16. The maximum Gasteiger partial charge on any atom is 0.275 e. The molecule has 2 heterocycles. The first-order chi connectivity index (χ1) is 10.4. The van der Waals surface area contributed by atoms with E-state index in [0.717, 1.165) is 16.4 Å². The van der Waals surface area contributed by atoms with Crippen LogP contribution in [0.1, 0.15) is 21.8 Å². The second-order valence-corrected chi connectivity index (χ2v) is 6.71. The van der Waals surface area contributed by atoms with Crippen LogP contribution in [0.15, 0.2) is 29.1 Å². The van der Waals surface area contributed by atoms with E-state index in [-0.39, 0.29) is 5.56 Å². The molecule has 0 bridgehead atoms. The molecule has 0 amide bonds. The standard InChI is InChI=1S/C16H18N4OS/c1-10-5-6-11(2)14(7-10)19(4)9-13-8-15(21)20-16(17-13)22-12(3)18-20/h5-8H,9H2,1-4H3. The Morgan fingerprint density at radius 2 is 2.00 bits per heavy atom. The Hall–Kier alpha value is -2.21. The Labute approximate surface area is 132 Å². The van der Waals surface area contributed by atoms with Crippen molar-refractivity contribution in [3.63, 3.8) is 0 Å². The van der Waals surface area contributed by atoms with Crippen molar-refractivity contribution in [1.29, 1.82) is 0 Å². The van der Waals surface area contributed by atoms with Crippen LogP contribution in [0.25, 0.3) is 4.96 Å². The maximum absolute atomic E-state index is 12.1. The van der Waals surface area contributed by atoms with Gasteiger partial charge in [-0.3, -0.25) is 4.79 Å². The zero-order chi connectivity index (χ0) is 15.9. The van der Waals surface area contributed by atoms with Gasteiger partial charge in [0.1, 0.15) is 5.01 Å². The molecule has 0 aliphatic rings. The van der Waals surface area contributed by atoms with Crippen molar-refractivity contribution in [2.45, 2.75) is 27.3 Å². The average molecular weight is 314 g/mol. The van der Waals surface area contributed by atoms with Crippen LogP contribution < -0.4 is 10.5 Å². The monoisotopic (exact) mass is 314 g/mol. The molecule has 0 unspecified atom stereocenters. The third kappa shape index (κ3) is 2.74. The zero-order valence-corrected chi connectivity index (χ0v) is 13.9. The Bertz CT molecular complexity index is 897. The van der Waals surface area contributed by atoms with Crippen molar-refractivity contribution in [2.75, 3.05) is 11.9 Å². The molecule has 22 heavy (non-hydrogen) atoms. The first kappa shape index (κ1) is 14.7. The van der Waals surface area contributed by atoms with Crippen LogP contribution in [-0.4, -0.2) is 21.6 Å². The molecule has 0 aliphatic carbocycles. The molecule has 114 valence electrons. The van der Waals surface area contributed by atoms with Crippen molar-refractivity contribution >= 4 is 22.0 Å². The van der Waals surface area contributed by atoms with Gasteiger partial charge in [-0.1, -0.05) is 23.5 Å². The Balaban J connectivity index is 1.95. The quantitative estimate of drug-likeness (QED) is 0.746. The molecule has 0 N–H and O–H groups in total. The highest BCUT2D eigenvalue weighted by Crippen LogP contribution is 2.21. The molecule has 0 spiro atoms. The van der Waals surface area contributed by atoms with E-state index in [1.54, 1.807) is 6.07 Å². The summed E-state index contributed by atoms with van der Waals surface area (Å²) in [6, 6.07) is 7.92. The summed E-state index contributed by atoms with van der Waals surface area (Å²) in [7, 11) is 2.02. The molecular weight excluding hydrogens is 296 g/mol. The summed E-state index contributed by atoms with van der Waals surface area (Å²) in [5, 5.41) is 5.00. The van der Waals surface area contributed by atoms with Gasteiger partial charge in [-0.25, -0.2) is 4.98 Å². The Morgan fingerprint density at radius 3 is 2.77 bits per heavy atom. The summed E-state index contributed by atoms with van der Waals surface area (Å²) in [4.78, 5) is 19.4. The van der Waals surface area contributed by atoms with Gasteiger partial charge in [-0.15, -0.1) is 0 Å². The number of nitrogens with zero attached hydrogens (tertiary/aromatic N) is 4. The number of aromatic nitrogens is 3. The lowest BCUT2D eigenvalue weighted by Gasteiger charge is -2.21. The van der Waals surface area contributed by atoms with Gasteiger partial charge in [0, 0.05) is 18.8 Å². The minimum Gasteiger partial charge on any atom is -0.368 e. The Kier molecular flexibility index (Phi) is 3.70. The number of benzene rings is 1. The Morgan fingerprint density at radius 1 is 1.23 bits per heavy atom. The van der Waals surface area contributed by atoms with Crippen LogP contribution in [0.3, 0.4) is 0 Å². The van der Waals surface area contributed by atoms with Crippen LogP contribution >= 0.6 is 11.3 Å². The average Bonchev–Trinajstić information content (AvgIpc) is 2.82. The van der Waals surface area contributed by atoms with Gasteiger partial charge in [-0.2, -0.15) is 9.61 Å². The molecule has 3 rings (SSSR count). The first-order valence-electron chi connectivity index (χ1n) is 7.09. The highest BCUT2D eigenvalue weighted by Gasteiger charge is 2.10. The molecule has 0 aliphatic heterocycles. The molecule has 6 heteroatoms. The minimum absolute atomic E-state index is 0.126. The van der Waals surface area contributed by atoms with Gasteiger partial charge in [0.2, 0.25) is 4.96 Å². The summed E-state index contributed by atoms with van der Waals surface area (Å²) >= 11 is 1.43. The molecule has 0 fully saturated rings. The van der Waals surface area contributed by atoms with E-state index in [9.17, 15) is 4.79 Å². The fraction of sp³-hybridized carbons (Fsp3) is 0.312. The minimum atomic E-state index is -0.126. The lowest BCUT2D eigenvalue weighted by atomic mass is 10.1. The van der Waals surface area contributed by atoms with Gasteiger partial charge < -0.3 is 4.90 Å². The molecule has 0 saturated heterocycles. The fourth-order valence-corrected chi connectivity index (χ4v) is 3.26. The second kappa shape index (κ2) is 5.53. The molecule has 2 aromatic heterocycles. The van der Waals surface area contributed by atoms with E-state index >= 15 is 0 Å². The van der Waals surface area contributed by atoms with Crippen molar-refractivity contribution in [3.8, 4) is 0 Å². The number of hydrogen-bond acceptors (Lipinski definition) is 5. The van der Waals surface area contributed by atoms with E-state index in [1.807, 2.05) is 14.0 Å². The van der Waals surface area contributed by atoms with Crippen molar-refractivity contribution in [3.05, 3.63) is 56.4 Å². The normalized spacial score (nSPS) is 11.1. The largest absolute Gasteiger partial charge is 0.368 e. The molecular formula is C16H18N4OS. The lowest BCUT2D eigenvalue weighted by molar-refractivity contribution is 0.833.